The maximum absolute atomic E-state index is 12.4. The Morgan fingerprint density at radius 2 is 1.90 bits per heavy atom. The summed E-state index contributed by atoms with van der Waals surface area (Å²) in [6.07, 6.45) is 1.66. The molecule has 0 atom stereocenters. The molecule has 7 heteroatoms. The summed E-state index contributed by atoms with van der Waals surface area (Å²) in [5.74, 6) is 0. The van der Waals surface area contributed by atoms with Gasteiger partial charge in [-0.1, -0.05) is 0 Å². The largest absolute Gasteiger partial charge is 0.388 e. The number of anilines is 1. The molecule has 0 saturated carbocycles. The third kappa shape index (κ3) is 3.17. The van der Waals surface area contributed by atoms with Crippen molar-refractivity contribution in [2.75, 3.05) is 12.4 Å². The molecular formula is C13H17N3O2S2. The van der Waals surface area contributed by atoms with Crippen LogP contribution >= 0.6 is 11.3 Å². The first-order valence-corrected chi connectivity index (χ1v) is 8.47. The smallest absolute Gasteiger partial charge is 0.241 e. The summed E-state index contributed by atoms with van der Waals surface area (Å²) in [6, 6.07) is 3.65. The number of hydrogen-bond acceptors (Lipinski definition) is 5. The van der Waals surface area contributed by atoms with Crippen LogP contribution in [-0.4, -0.2) is 20.4 Å². The predicted molar refractivity (Wildman–Crippen MR) is 81.6 cm³/mol. The van der Waals surface area contributed by atoms with E-state index in [2.05, 4.69) is 15.0 Å². The van der Waals surface area contributed by atoms with Gasteiger partial charge < -0.3 is 5.32 Å². The van der Waals surface area contributed by atoms with E-state index in [0.29, 0.717) is 4.90 Å². The van der Waals surface area contributed by atoms with Crippen molar-refractivity contribution in [1.82, 2.24) is 9.71 Å². The third-order valence-corrected chi connectivity index (χ3v) is 5.40. The van der Waals surface area contributed by atoms with E-state index in [9.17, 15) is 8.42 Å². The summed E-state index contributed by atoms with van der Waals surface area (Å²) in [7, 11) is -1.73. The van der Waals surface area contributed by atoms with Gasteiger partial charge in [0.25, 0.3) is 0 Å². The fraction of sp³-hybridized carbons (Fsp3) is 0.308. The minimum atomic E-state index is -3.53. The summed E-state index contributed by atoms with van der Waals surface area (Å²) in [5.41, 5.74) is 2.35. The minimum absolute atomic E-state index is 0.215. The molecule has 1 aromatic heterocycles. The molecule has 0 spiro atoms. The number of benzene rings is 1. The van der Waals surface area contributed by atoms with Crippen LogP contribution in [0.1, 0.15) is 16.1 Å². The Morgan fingerprint density at radius 3 is 2.40 bits per heavy atom. The number of hydrogen-bond donors (Lipinski definition) is 2. The third-order valence-electron chi connectivity index (χ3n) is 2.91. The Kier molecular flexibility index (Phi) is 4.42. The molecule has 2 rings (SSSR count). The molecule has 2 N–H and O–H groups in total. The maximum atomic E-state index is 12.4. The molecule has 1 heterocycles. The Hall–Kier alpha value is -1.44. The lowest BCUT2D eigenvalue weighted by Gasteiger charge is -2.13. The fourth-order valence-electron chi connectivity index (χ4n) is 2.09. The van der Waals surface area contributed by atoms with E-state index in [1.165, 1.54) is 11.3 Å². The highest BCUT2D eigenvalue weighted by Crippen LogP contribution is 2.24. The van der Waals surface area contributed by atoms with E-state index in [0.717, 1.165) is 21.8 Å². The highest BCUT2D eigenvalue weighted by atomic mass is 32.2. The van der Waals surface area contributed by atoms with E-state index in [1.807, 2.05) is 24.6 Å². The van der Waals surface area contributed by atoms with Crippen molar-refractivity contribution in [1.29, 1.82) is 0 Å². The van der Waals surface area contributed by atoms with Crippen molar-refractivity contribution in [3.63, 3.8) is 0 Å². The Morgan fingerprint density at radius 1 is 1.25 bits per heavy atom. The average molecular weight is 311 g/mol. The number of rotatable bonds is 5. The van der Waals surface area contributed by atoms with Crippen LogP contribution in [0.5, 0.6) is 0 Å². The highest BCUT2D eigenvalue weighted by molar-refractivity contribution is 7.89. The van der Waals surface area contributed by atoms with Crippen LogP contribution in [0.25, 0.3) is 0 Å². The van der Waals surface area contributed by atoms with Gasteiger partial charge >= 0.3 is 0 Å². The van der Waals surface area contributed by atoms with Gasteiger partial charge in [0, 0.05) is 24.3 Å². The SMILES string of the molecule is CNc1cc(C)c(S(=O)(=O)NCc2nccs2)c(C)c1. The van der Waals surface area contributed by atoms with Gasteiger partial charge in [-0.15, -0.1) is 11.3 Å². The van der Waals surface area contributed by atoms with Crippen LogP contribution in [0.4, 0.5) is 5.69 Å². The van der Waals surface area contributed by atoms with Gasteiger partial charge in [-0.2, -0.15) is 0 Å². The lowest BCUT2D eigenvalue weighted by molar-refractivity contribution is 0.580. The van der Waals surface area contributed by atoms with Crippen molar-refractivity contribution >= 4 is 27.0 Å². The molecule has 0 radical (unpaired) electrons. The highest BCUT2D eigenvalue weighted by Gasteiger charge is 2.20. The molecule has 0 amide bonds. The average Bonchev–Trinajstić information content (AvgIpc) is 2.88. The van der Waals surface area contributed by atoms with Gasteiger partial charge in [0.15, 0.2) is 0 Å². The first kappa shape index (κ1) is 15.0. The van der Waals surface area contributed by atoms with E-state index in [1.54, 1.807) is 20.0 Å². The van der Waals surface area contributed by atoms with Crippen molar-refractivity contribution in [2.45, 2.75) is 25.3 Å². The number of nitrogens with zero attached hydrogens (tertiary/aromatic N) is 1. The Bertz CT molecular complexity index is 671. The van der Waals surface area contributed by atoms with Gasteiger partial charge in [0.2, 0.25) is 10.0 Å². The number of sulfonamides is 1. The molecule has 2 aromatic rings. The summed E-state index contributed by atoms with van der Waals surface area (Å²) in [5, 5.41) is 5.59. The van der Waals surface area contributed by atoms with E-state index < -0.39 is 10.0 Å². The molecule has 0 aliphatic heterocycles. The predicted octanol–water partition coefficient (Wildman–Crippen LogP) is 2.28. The zero-order valence-electron chi connectivity index (χ0n) is 11.6. The van der Waals surface area contributed by atoms with Gasteiger partial charge in [0.1, 0.15) is 5.01 Å². The van der Waals surface area contributed by atoms with E-state index in [-0.39, 0.29) is 6.54 Å². The minimum Gasteiger partial charge on any atom is -0.388 e. The van der Waals surface area contributed by atoms with Gasteiger partial charge in [0.05, 0.1) is 11.4 Å². The Balaban J connectivity index is 2.29. The molecular weight excluding hydrogens is 294 g/mol. The van der Waals surface area contributed by atoms with Crippen LogP contribution in [-0.2, 0) is 16.6 Å². The molecule has 0 saturated heterocycles. The molecule has 5 nitrogen and oxygen atoms in total. The van der Waals surface area contributed by atoms with Crippen LogP contribution in [0, 0.1) is 13.8 Å². The molecule has 0 aliphatic rings. The van der Waals surface area contributed by atoms with E-state index in [4.69, 9.17) is 0 Å². The monoisotopic (exact) mass is 311 g/mol. The number of aromatic nitrogens is 1. The second kappa shape index (κ2) is 5.90. The van der Waals surface area contributed by atoms with Crippen molar-refractivity contribution in [2.24, 2.45) is 0 Å². The summed E-state index contributed by atoms with van der Waals surface area (Å²) in [4.78, 5) is 4.41. The molecule has 0 fully saturated rings. The zero-order valence-corrected chi connectivity index (χ0v) is 13.2. The van der Waals surface area contributed by atoms with Gasteiger partial charge in [-0.05, 0) is 37.1 Å². The molecule has 0 bridgehead atoms. The van der Waals surface area contributed by atoms with Crippen LogP contribution in [0.15, 0.2) is 28.6 Å². The topological polar surface area (TPSA) is 71.1 Å². The first-order valence-electron chi connectivity index (χ1n) is 6.11. The maximum Gasteiger partial charge on any atom is 0.241 e. The molecule has 0 aliphatic carbocycles. The van der Waals surface area contributed by atoms with Crippen LogP contribution < -0.4 is 10.0 Å². The zero-order chi connectivity index (χ0) is 14.8. The number of thiazole rings is 1. The second-order valence-corrected chi connectivity index (χ2v) is 7.12. The van der Waals surface area contributed by atoms with Crippen molar-refractivity contribution in [3.05, 3.63) is 39.8 Å². The van der Waals surface area contributed by atoms with E-state index >= 15 is 0 Å². The van der Waals surface area contributed by atoms with Gasteiger partial charge in [-0.25, -0.2) is 18.1 Å². The van der Waals surface area contributed by atoms with Crippen LogP contribution in [0.3, 0.4) is 0 Å². The normalized spacial score (nSPS) is 11.6. The number of aryl methyl sites for hydroxylation is 2. The summed E-state index contributed by atoms with van der Waals surface area (Å²) in [6.45, 7) is 3.81. The first-order chi connectivity index (χ1) is 9.44. The summed E-state index contributed by atoms with van der Waals surface area (Å²) >= 11 is 1.43. The number of nitrogens with one attached hydrogen (secondary N) is 2. The summed E-state index contributed by atoms with van der Waals surface area (Å²) < 4.78 is 27.4. The molecule has 1 aromatic carbocycles. The van der Waals surface area contributed by atoms with Gasteiger partial charge in [-0.3, -0.25) is 0 Å². The lowest BCUT2D eigenvalue weighted by atomic mass is 10.1. The van der Waals surface area contributed by atoms with Crippen LogP contribution in [0.2, 0.25) is 0 Å². The Labute approximate surface area is 123 Å². The molecule has 0 unspecified atom stereocenters. The van der Waals surface area contributed by atoms with Crippen molar-refractivity contribution < 1.29 is 8.42 Å². The second-order valence-electron chi connectivity index (χ2n) is 4.44. The fourth-order valence-corrected chi connectivity index (χ4v) is 4.17. The molecule has 108 valence electrons. The lowest BCUT2D eigenvalue weighted by Crippen LogP contribution is -2.24. The van der Waals surface area contributed by atoms with Crippen molar-refractivity contribution in [3.8, 4) is 0 Å². The standard InChI is InChI=1S/C13H17N3O2S2/c1-9-6-11(14-3)7-10(2)13(9)20(17,18)16-8-12-15-4-5-19-12/h4-7,14,16H,8H2,1-3H3. The quantitative estimate of drug-likeness (QED) is 0.888. The molecule has 20 heavy (non-hydrogen) atoms.